The third-order valence-electron chi connectivity index (χ3n) is 3.81. The fraction of sp³-hybridized carbons (Fsp3) is 0.158. The summed E-state index contributed by atoms with van der Waals surface area (Å²) >= 11 is 0. The largest absolute Gasteiger partial charge is 0.240 e. The molecule has 118 valence electrons. The molecule has 0 fully saturated rings. The molecule has 0 aliphatic carbocycles. The number of aryl methyl sites for hydroxylation is 1. The Labute approximate surface area is 137 Å². The van der Waals surface area contributed by atoms with Crippen molar-refractivity contribution in [2.24, 2.45) is 0 Å². The lowest BCUT2D eigenvalue weighted by atomic mass is 10.1. The fourth-order valence-electron chi connectivity index (χ4n) is 2.56. The second kappa shape index (κ2) is 6.94. The van der Waals surface area contributed by atoms with E-state index in [9.17, 15) is 8.42 Å². The number of hydrogen-bond acceptors (Lipinski definition) is 2. The van der Waals surface area contributed by atoms with Crippen molar-refractivity contribution >= 4 is 20.8 Å². The average Bonchev–Trinajstić information content (AvgIpc) is 2.59. The maximum absolute atomic E-state index is 12.4. The third kappa shape index (κ3) is 3.97. The molecule has 0 radical (unpaired) electrons. The summed E-state index contributed by atoms with van der Waals surface area (Å²) in [4.78, 5) is 0.316. The first-order valence-electron chi connectivity index (χ1n) is 7.67. The van der Waals surface area contributed by atoms with Crippen LogP contribution in [0, 0.1) is 0 Å². The number of fused-ring (bicyclic) bond motifs is 1. The Morgan fingerprint density at radius 3 is 2.26 bits per heavy atom. The van der Waals surface area contributed by atoms with Gasteiger partial charge in [0.05, 0.1) is 4.90 Å². The van der Waals surface area contributed by atoms with Crippen LogP contribution in [0.25, 0.3) is 10.8 Å². The Hall–Kier alpha value is -2.17. The summed E-state index contributed by atoms with van der Waals surface area (Å²) in [5.74, 6) is 0. The molecule has 3 nitrogen and oxygen atoms in total. The minimum Gasteiger partial charge on any atom is -0.211 e. The van der Waals surface area contributed by atoms with Crippen molar-refractivity contribution in [3.63, 3.8) is 0 Å². The van der Waals surface area contributed by atoms with E-state index in [0.29, 0.717) is 11.4 Å². The first-order chi connectivity index (χ1) is 11.1. The smallest absolute Gasteiger partial charge is 0.211 e. The highest BCUT2D eigenvalue weighted by Gasteiger charge is 2.13. The van der Waals surface area contributed by atoms with Crippen LogP contribution in [0.1, 0.15) is 12.0 Å². The van der Waals surface area contributed by atoms with Gasteiger partial charge in [0.2, 0.25) is 10.0 Å². The van der Waals surface area contributed by atoms with Crippen molar-refractivity contribution in [3.05, 3.63) is 78.4 Å². The maximum atomic E-state index is 12.4. The minimum absolute atomic E-state index is 0.316. The second-order valence-corrected chi connectivity index (χ2v) is 7.26. The zero-order valence-corrected chi connectivity index (χ0v) is 13.6. The van der Waals surface area contributed by atoms with Crippen LogP contribution in [0.2, 0.25) is 0 Å². The molecule has 0 spiro atoms. The van der Waals surface area contributed by atoms with E-state index in [4.69, 9.17) is 0 Å². The fourth-order valence-corrected chi connectivity index (χ4v) is 3.67. The summed E-state index contributed by atoms with van der Waals surface area (Å²) < 4.78 is 27.4. The van der Waals surface area contributed by atoms with Crippen molar-refractivity contribution in [3.8, 4) is 0 Å². The maximum Gasteiger partial charge on any atom is 0.240 e. The molecule has 0 aliphatic heterocycles. The van der Waals surface area contributed by atoms with Gasteiger partial charge in [-0.2, -0.15) is 0 Å². The van der Waals surface area contributed by atoms with Gasteiger partial charge < -0.3 is 0 Å². The normalized spacial score (nSPS) is 11.7. The van der Waals surface area contributed by atoms with E-state index in [0.717, 1.165) is 23.6 Å². The standard InChI is InChI=1S/C19H19NO2S/c21-23(22,20-14-6-9-16-7-2-1-3-8-16)19-13-12-17-10-4-5-11-18(17)15-19/h1-5,7-8,10-13,15,20H,6,9,14H2. The molecule has 23 heavy (non-hydrogen) atoms. The lowest BCUT2D eigenvalue weighted by Gasteiger charge is -2.08. The van der Waals surface area contributed by atoms with E-state index in [1.165, 1.54) is 5.56 Å². The molecule has 1 N–H and O–H groups in total. The van der Waals surface area contributed by atoms with Crippen molar-refractivity contribution < 1.29 is 8.42 Å². The van der Waals surface area contributed by atoms with E-state index >= 15 is 0 Å². The van der Waals surface area contributed by atoms with Gasteiger partial charge in [-0.15, -0.1) is 0 Å². The quantitative estimate of drug-likeness (QED) is 0.702. The molecule has 0 amide bonds. The second-order valence-electron chi connectivity index (χ2n) is 5.50. The van der Waals surface area contributed by atoms with Crippen molar-refractivity contribution in [1.82, 2.24) is 4.72 Å². The van der Waals surface area contributed by atoms with Crippen LogP contribution in [0.15, 0.2) is 77.7 Å². The summed E-state index contributed by atoms with van der Waals surface area (Å²) in [6.45, 7) is 0.435. The first-order valence-corrected chi connectivity index (χ1v) is 9.16. The van der Waals surface area contributed by atoms with Crippen LogP contribution in [-0.4, -0.2) is 15.0 Å². The van der Waals surface area contributed by atoms with Gasteiger partial charge in [-0.05, 0) is 41.3 Å². The Morgan fingerprint density at radius 2 is 1.48 bits per heavy atom. The molecule has 0 heterocycles. The number of sulfonamides is 1. The molecular weight excluding hydrogens is 306 g/mol. The van der Waals surface area contributed by atoms with Gasteiger partial charge in [-0.3, -0.25) is 0 Å². The average molecular weight is 325 g/mol. The van der Waals surface area contributed by atoms with Crippen molar-refractivity contribution in [1.29, 1.82) is 0 Å². The van der Waals surface area contributed by atoms with Gasteiger partial charge in [0, 0.05) is 6.54 Å². The molecule has 3 rings (SSSR count). The van der Waals surface area contributed by atoms with Crippen molar-refractivity contribution in [2.75, 3.05) is 6.54 Å². The first kappa shape index (κ1) is 15.7. The number of benzene rings is 3. The SMILES string of the molecule is O=S(=O)(NCCCc1ccccc1)c1ccc2ccccc2c1. The zero-order valence-electron chi connectivity index (χ0n) is 12.8. The molecule has 0 unspecified atom stereocenters. The summed E-state index contributed by atoms with van der Waals surface area (Å²) in [6.07, 6.45) is 1.64. The Kier molecular flexibility index (Phi) is 4.74. The van der Waals surface area contributed by atoms with Gasteiger partial charge in [0.15, 0.2) is 0 Å². The third-order valence-corrected chi connectivity index (χ3v) is 5.27. The lowest BCUT2D eigenvalue weighted by Crippen LogP contribution is -2.25. The predicted octanol–water partition coefficient (Wildman–Crippen LogP) is 3.75. The van der Waals surface area contributed by atoms with E-state index in [-0.39, 0.29) is 0 Å². The summed E-state index contributed by atoms with van der Waals surface area (Å²) in [5, 5.41) is 1.97. The molecule has 0 saturated heterocycles. The molecule has 0 saturated carbocycles. The van der Waals surface area contributed by atoms with E-state index < -0.39 is 10.0 Å². The Balaban J connectivity index is 1.63. The molecule has 3 aromatic carbocycles. The van der Waals surface area contributed by atoms with Gasteiger partial charge in [-0.25, -0.2) is 13.1 Å². The van der Waals surface area contributed by atoms with Crippen LogP contribution >= 0.6 is 0 Å². The molecule has 0 bridgehead atoms. The topological polar surface area (TPSA) is 46.2 Å². The molecule has 0 aliphatic rings. The van der Waals surface area contributed by atoms with Gasteiger partial charge in [-0.1, -0.05) is 60.7 Å². The number of rotatable bonds is 6. The highest BCUT2D eigenvalue weighted by Crippen LogP contribution is 2.18. The van der Waals surface area contributed by atoms with E-state index in [2.05, 4.69) is 16.9 Å². The lowest BCUT2D eigenvalue weighted by molar-refractivity contribution is 0.579. The highest BCUT2D eigenvalue weighted by molar-refractivity contribution is 7.89. The molecule has 3 aromatic rings. The van der Waals surface area contributed by atoms with Crippen LogP contribution in [0.5, 0.6) is 0 Å². The van der Waals surface area contributed by atoms with Crippen molar-refractivity contribution in [2.45, 2.75) is 17.7 Å². The van der Waals surface area contributed by atoms with E-state index in [1.54, 1.807) is 12.1 Å². The van der Waals surface area contributed by atoms with Crippen LogP contribution in [0.4, 0.5) is 0 Å². The summed E-state index contributed by atoms with van der Waals surface area (Å²) in [5.41, 5.74) is 1.22. The molecule has 0 atom stereocenters. The van der Waals surface area contributed by atoms with Gasteiger partial charge in [0.1, 0.15) is 0 Å². The summed E-state index contributed by atoms with van der Waals surface area (Å²) in [6, 6.07) is 23.0. The monoisotopic (exact) mass is 325 g/mol. The van der Waals surface area contributed by atoms with E-state index in [1.807, 2.05) is 48.5 Å². The summed E-state index contributed by atoms with van der Waals surface area (Å²) in [7, 11) is -3.46. The number of nitrogens with one attached hydrogen (secondary N) is 1. The molecule has 0 aromatic heterocycles. The Bertz CT molecular complexity index is 889. The highest BCUT2D eigenvalue weighted by atomic mass is 32.2. The van der Waals surface area contributed by atoms with Gasteiger partial charge >= 0.3 is 0 Å². The van der Waals surface area contributed by atoms with Gasteiger partial charge in [0.25, 0.3) is 0 Å². The predicted molar refractivity (Wildman–Crippen MR) is 93.9 cm³/mol. The zero-order chi connectivity index (χ0) is 16.1. The Morgan fingerprint density at radius 1 is 0.783 bits per heavy atom. The van der Waals surface area contributed by atoms with Crippen LogP contribution in [-0.2, 0) is 16.4 Å². The number of hydrogen-bond donors (Lipinski definition) is 1. The van der Waals surface area contributed by atoms with Crippen LogP contribution < -0.4 is 4.72 Å². The molecule has 4 heteroatoms. The van der Waals surface area contributed by atoms with Crippen LogP contribution in [0.3, 0.4) is 0 Å². The molecular formula is C19H19NO2S. The minimum atomic E-state index is -3.46.